The molecule has 0 spiro atoms. The Balaban J connectivity index is 1.62. The summed E-state index contributed by atoms with van der Waals surface area (Å²) < 4.78 is 0. The van der Waals surface area contributed by atoms with Crippen molar-refractivity contribution in [1.82, 2.24) is 10.2 Å². The van der Waals surface area contributed by atoms with Gasteiger partial charge in [-0.3, -0.25) is 4.79 Å². The lowest BCUT2D eigenvalue weighted by Gasteiger charge is -2.27. The molecule has 0 saturated carbocycles. The molecule has 104 valence electrons. The van der Waals surface area contributed by atoms with Gasteiger partial charge in [-0.25, -0.2) is 0 Å². The molecule has 2 aliphatic rings. The predicted molar refractivity (Wildman–Crippen MR) is 78.9 cm³/mol. The van der Waals surface area contributed by atoms with Crippen LogP contribution in [0.1, 0.15) is 39.4 Å². The van der Waals surface area contributed by atoms with Crippen molar-refractivity contribution in [3.63, 3.8) is 0 Å². The van der Waals surface area contributed by atoms with Gasteiger partial charge in [-0.15, -0.1) is 11.3 Å². The number of nitrogens with zero attached hydrogens (tertiary/aromatic N) is 1. The first kappa shape index (κ1) is 13.1. The van der Waals surface area contributed by atoms with Crippen molar-refractivity contribution in [2.24, 2.45) is 5.92 Å². The SMILES string of the molecule is CN(CC1CCCNC1)C(=O)c1cc2c(s1)CCC2. The Morgan fingerprint density at radius 2 is 2.37 bits per heavy atom. The second-order valence-electron chi connectivity index (χ2n) is 5.81. The lowest BCUT2D eigenvalue weighted by molar-refractivity contribution is 0.0769. The first-order chi connectivity index (χ1) is 9.24. The molecule has 1 amide bonds. The summed E-state index contributed by atoms with van der Waals surface area (Å²) in [5.74, 6) is 0.833. The zero-order valence-corrected chi connectivity index (χ0v) is 12.4. The van der Waals surface area contributed by atoms with Gasteiger partial charge in [0.25, 0.3) is 5.91 Å². The molecule has 1 aromatic rings. The number of amides is 1. The first-order valence-corrected chi connectivity index (χ1v) is 8.13. The molecule has 3 nitrogen and oxygen atoms in total. The van der Waals surface area contributed by atoms with Crippen LogP contribution in [0.2, 0.25) is 0 Å². The van der Waals surface area contributed by atoms with Gasteiger partial charge < -0.3 is 10.2 Å². The Labute approximate surface area is 119 Å². The normalized spacial score (nSPS) is 22.3. The molecule has 1 unspecified atom stereocenters. The molecule has 1 aliphatic heterocycles. The molecule has 1 fully saturated rings. The van der Waals surface area contributed by atoms with E-state index in [1.807, 2.05) is 11.9 Å². The summed E-state index contributed by atoms with van der Waals surface area (Å²) in [6.07, 6.45) is 6.07. The van der Waals surface area contributed by atoms with Crippen molar-refractivity contribution >= 4 is 17.2 Å². The molecular weight excluding hydrogens is 256 g/mol. The van der Waals surface area contributed by atoms with Crippen molar-refractivity contribution in [2.45, 2.75) is 32.1 Å². The van der Waals surface area contributed by atoms with Gasteiger partial charge in [0.1, 0.15) is 0 Å². The highest BCUT2D eigenvalue weighted by atomic mass is 32.1. The van der Waals surface area contributed by atoms with Gasteiger partial charge in [-0.05, 0) is 62.7 Å². The van der Waals surface area contributed by atoms with E-state index < -0.39 is 0 Å². The molecule has 2 heterocycles. The van der Waals surface area contributed by atoms with Crippen LogP contribution in [0, 0.1) is 5.92 Å². The summed E-state index contributed by atoms with van der Waals surface area (Å²) in [6.45, 7) is 3.07. The molecule has 4 heteroatoms. The van der Waals surface area contributed by atoms with Crippen LogP contribution in [0.3, 0.4) is 0 Å². The Morgan fingerprint density at radius 3 is 3.11 bits per heavy atom. The third kappa shape index (κ3) is 2.84. The highest BCUT2D eigenvalue weighted by Gasteiger charge is 2.23. The van der Waals surface area contributed by atoms with Crippen LogP contribution < -0.4 is 5.32 Å². The number of piperidine rings is 1. The minimum absolute atomic E-state index is 0.213. The molecule has 1 atom stereocenters. The molecule has 1 N–H and O–H groups in total. The molecule has 0 bridgehead atoms. The van der Waals surface area contributed by atoms with Crippen LogP contribution in [0.5, 0.6) is 0 Å². The molecular formula is C15H22N2OS. The number of rotatable bonds is 3. The first-order valence-electron chi connectivity index (χ1n) is 7.32. The third-order valence-electron chi connectivity index (χ3n) is 4.24. The van der Waals surface area contributed by atoms with E-state index in [2.05, 4.69) is 11.4 Å². The number of fused-ring (bicyclic) bond motifs is 1. The Kier molecular flexibility index (Phi) is 3.89. The Hall–Kier alpha value is -0.870. The van der Waals surface area contributed by atoms with Crippen molar-refractivity contribution in [3.05, 3.63) is 21.4 Å². The van der Waals surface area contributed by atoms with Gasteiger partial charge >= 0.3 is 0 Å². The zero-order chi connectivity index (χ0) is 13.2. The van der Waals surface area contributed by atoms with Crippen LogP contribution in [-0.4, -0.2) is 37.5 Å². The number of hydrogen-bond donors (Lipinski definition) is 1. The largest absolute Gasteiger partial charge is 0.341 e. The van der Waals surface area contributed by atoms with E-state index in [4.69, 9.17) is 0 Å². The average Bonchev–Trinajstić information content (AvgIpc) is 2.99. The molecule has 0 aromatic carbocycles. The quantitative estimate of drug-likeness (QED) is 0.920. The summed E-state index contributed by atoms with van der Waals surface area (Å²) in [5, 5.41) is 3.42. The van der Waals surface area contributed by atoms with Crippen molar-refractivity contribution in [2.75, 3.05) is 26.7 Å². The fraction of sp³-hybridized carbons (Fsp3) is 0.667. The highest BCUT2D eigenvalue weighted by molar-refractivity contribution is 7.14. The van der Waals surface area contributed by atoms with Gasteiger partial charge in [0, 0.05) is 18.5 Å². The van der Waals surface area contributed by atoms with E-state index in [0.29, 0.717) is 5.92 Å². The van der Waals surface area contributed by atoms with Gasteiger partial charge in [0.2, 0.25) is 0 Å². The zero-order valence-electron chi connectivity index (χ0n) is 11.6. The van der Waals surface area contributed by atoms with E-state index in [-0.39, 0.29) is 5.91 Å². The highest BCUT2D eigenvalue weighted by Crippen LogP contribution is 2.31. The Morgan fingerprint density at radius 1 is 1.47 bits per heavy atom. The van der Waals surface area contributed by atoms with Crippen LogP contribution in [-0.2, 0) is 12.8 Å². The molecule has 0 radical (unpaired) electrons. The predicted octanol–water partition coefficient (Wildman–Crippen LogP) is 2.31. The van der Waals surface area contributed by atoms with Crippen LogP contribution >= 0.6 is 11.3 Å². The molecule has 1 aromatic heterocycles. The van der Waals surface area contributed by atoms with E-state index in [9.17, 15) is 4.79 Å². The second-order valence-corrected chi connectivity index (χ2v) is 6.95. The fourth-order valence-electron chi connectivity index (χ4n) is 3.17. The number of nitrogens with one attached hydrogen (secondary N) is 1. The van der Waals surface area contributed by atoms with Crippen LogP contribution in [0.15, 0.2) is 6.07 Å². The number of carbonyl (C=O) groups is 1. The van der Waals surface area contributed by atoms with Gasteiger partial charge in [-0.2, -0.15) is 0 Å². The van der Waals surface area contributed by atoms with Crippen molar-refractivity contribution in [1.29, 1.82) is 0 Å². The number of carbonyl (C=O) groups excluding carboxylic acids is 1. The maximum Gasteiger partial charge on any atom is 0.263 e. The van der Waals surface area contributed by atoms with E-state index in [1.165, 1.54) is 36.1 Å². The Bertz CT molecular complexity index is 441. The summed E-state index contributed by atoms with van der Waals surface area (Å²) in [7, 11) is 1.95. The van der Waals surface area contributed by atoms with Gasteiger partial charge in [0.15, 0.2) is 0 Å². The minimum Gasteiger partial charge on any atom is -0.341 e. The van der Waals surface area contributed by atoms with Crippen molar-refractivity contribution in [3.8, 4) is 0 Å². The lowest BCUT2D eigenvalue weighted by atomic mass is 9.99. The smallest absolute Gasteiger partial charge is 0.263 e. The summed E-state index contributed by atoms with van der Waals surface area (Å²) in [4.78, 5) is 16.7. The molecule has 1 saturated heterocycles. The summed E-state index contributed by atoms with van der Waals surface area (Å²) >= 11 is 1.71. The minimum atomic E-state index is 0.213. The number of aryl methyl sites for hydroxylation is 2. The van der Waals surface area contributed by atoms with E-state index in [0.717, 1.165) is 30.9 Å². The van der Waals surface area contributed by atoms with E-state index in [1.54, 1.807) is 11.3 Å². The second kappa shape index (κ2) is 5.63. The van der Waals surface area contributed by atoms with Gasteiger partial charge in [-0.1, -0.05) is 0 Å². The number of hydrogen-bond acceptors (Lipinski definition) is 3. The number of thiophene rings is 1. The maximum absolute atomic E-state index is 12.4. The maximum atomic E-state index is 12.4. The van der Waals surface area contributed by atoms with Gasteiger partial charge in [0.05, 0.1) is 4.88 Å². The molecule has 3 rings (SSSR count). The van der Waals surface area contributed by atoms with Crippen molar-refractivity contribution < 1.29 is 4.79 Å². The van der Waals surface area contributed by atoms with Crippen LogP contribution in [0.25, 0.3) is 0 Å². The lowest BCUT2D eigenvalue weighted by Crippen LogP contribution is -2.39. The summed E-state index contributed by atoms with van der Waals surface area (Å²) in [6, 6.07) is 2.13. The monoisotopic (exact) mass is 278 g/mol. The third-order valence-corrected chi connectivity index (χ3v) is 5.46. The molecule has 19 heavy (non-hydrogen) atoms. The standard InChI is InChI=1S/C15H22N2OS/c1-17(10-11-4-3-7-16-9-11)15(18)14-8-12-5-2-6-13(12)19-14/h8,11,16H,2-7,9-10H2,1H3. The van der Waals surface area contributed by atoms with Crippen LogP contribution in [0.4, 0.5) is 0 Å². The fourth-order valence-corrected chi connectivity index (χ4v) is 4.42. The average molecular weight is 278 g/mol. The molecule has 1 aliphatic carbocycles. The summed E-state index contributed by atoms with van der Waals surface area (Å²) in [5.41, 5.74) is 1.42. The topological polar surface area (TPSA) is 32.3 Å². The van der Waals surface area contributed by atoms with E-state index >= 15 is 0 Å².